The van der Waals surface area contributed by atoms with E-state index in [-0.39, 0.29) is 18.3 Å². The average molecular weight is 269 g/mol. The molecule has 0 spiro atoms. The molecule has 0 aliphatic carbocycles. The Kier molecular flexibility index (Phi) is 5.63. The molecule has 0 unspecified atom stereocenters. The molecule has 1 aliphatic heterocycles. The third-order valence-corrected chi connectivity index (χ3v) is 3.32. The van der Waals surface area contributed by atoms with Crippen LogP contribution in [0.15, 0.2) is 24.3 Å². The van der Waals surface area contributed by atoms with Gasteiger partial charge in [0.05, 0.1) is 6.42 Å². The number of piperazine rings is 1. The fourth-order valence-electron chi connectivity index (χ4n) is 2.24. The molecule has 1 atom stereocenters. The van der Waals surface area contributed by atoms with Gasteiger partial charge in [-0.1, -0.05) is 24.3 Å². The van der Waals surface area contributed by atoms with Gasteiger partial charge in [-0.2, -0.15) is 0 Å². The minimum Gasteiger partial charge on any atom is -0.340 e. The Bertz CT molecular complexity index is 409. The fourth-order valence-corrected chi connectivity index (χ4v) is 2.24. The Labute approximate surface area is 115 Å². The van der Waals surface area contributed by atoms with Crippen LogP contribution in [0.3, 0.4) is 0 Å². The lowest BCUT2D eigenvalue weighted by Crippen LogP contribution is -2.51. The molecule has 0 bridgehead atoms. The smallest absolute Gasteiger partial charge is 0.227 e. The van der Waals surface area contributed by atoms with Gasteiger partial charge in [0.15, 0.2) is 0 Å². The van der Waals surface area contributed by atoms with E-state index < -0.39 is 0 Å². The van der Waals surface area contributed by atoms with E-state index in [4.69, 9.17) is 0 Å². The van der Waals surface area contributed by atoms with Crippen LogP contribution < -0.4 is 5.32 Å². The zero-order valence-electron chi connectivity index (χ0n) is 11.0. The molecule has 3 nitrogen and oxygen atoms in total. The van der Waals surface area contributed by atoms with Crippen molar-refractivity contribution in [2.45, 2.75) is 26.3 Å². The number of nitrogens with zero attached hydrogens (tertiary/aromatic N) is 1. The standard InChI is InChI=1S/C14H20N2O.ClH/c1-11-5-3-4-6-13(11)9-14(17)16-8-7-15-12(2)10-16;/h3-6,12,15H,7-10H2,1-2H3;1H/t12-;/m0./s1. The number of amides is 1. The van der Waals surface area contributed by atoms with Crippen molar-refractivity contribution in [3.63, 3.8) is 0 Å². The van der Waals surface area contributed by atoms with E-state index in [1.807, 2.05) is 23.1 Å². The lowest BCUT2D eigenvalue weighted by molar-refractivity contribution is -0.131. The molecule has 4 heteroatoms. The normalized spacial score (nSPS) is 19.2. The molecule has 1 aromatic rings. The van der Waals surface area contributed by atoms with Crippen LogP contribution in [0, 0.1) is 6.92 Å². The van der Waals surface area contributed by atoms with Gasteiger partial charge in [0, 0.05) is 25.7 Å². The Hall–Kier alpha value is -1.06. The number of carbonyl (C=O) groups excluding carboxylic acids is 1. The first-order valence-electron chi connectivity index (χ1n) is 6.22. The van der Waals surface area contributed by atoms with E-state index in [1.54, 1.807) is 0 Å². The Balaban J connectivity index is 0.00000162. The van der Waals surface area contributed by atoms with Crippen molar-refractivity contribution in [1.29, 1.82) is 0 Å². The summed E-state index contributed by atoms with van der Waals surface area (Å²) >= 11 is 0. The fraction of sp³-hybridized carbons (Fsp3) is 0.500. The number of halogens is 1. The van der Waals surface area contributed by atoms with Crippen molar-refractivity contribution < 1.29 is 4.79 Å². The Morgan fingerprint density at radius 2 is 2.17 bits per heavy atom. The Morgan fingerprint density at radius 1 is 1.44 bits per heavy atom. The van der Waals surface area contributed by atoms with Crippen LogP contribution in [0.1, 0.15) is 18.1 Å². The summed E-state index contributed by atoms with van der Waals surface area (Å²) in [5.74, 6) is 0.243. The molecule has 2 rings (SSSR count). The highest BCUT2D eigenvalue weighted by Gasteiger charge is 2.20. The number of hydrogen-bond acceptors (Lipinski definition) is 2. The van der Waals surface area contributed by atoms with Gasteiger partial charge in [0.1, 0.15) is 0 Å². The Morgan fingerprint density at radius 3 is 2.83 bits per heavy atom. The molecule has 1 aromatic carbocycles. The molecule has 0 radical (unpaired) electrons. The maximum Gasteiger partial charge on any atom is 0.227 e. The van der Waals surface area contributed by atoms with Gasteiger partial charge in [-0.3, -0.25) is 4.79 Å². The largest absolute Gasteiger partial charge is 0.340 e. The summed E-state index contributed by atoms with van der Waals surface area (Å²) in [7, 11) is 0. The third kappa shape index (κ3) is 3.72. The summed E-state index contributed by atoms with van der Waals surface area (Å²) in [6, 6.07) is 8.51. The van der Waals surface area contributed by atoms with E-state index in [1.165, 1.54) is 5.56 Å². The van der Waals surface area contributed by atoms with Crippen molar-refractivity contribution >= 4 is 18.3 Å². The van der Waals surface area contributed by atoms with Crippen LogP contribution in [0.4, 0.5) is 0 Å². The van der Waals surface area contributed by atoms with Gasteiger partial charge in [-0.05, 0) is 25.0 Å². The van der Waals surface area contributed by atoms with Crippen molar-refractivity contribution in [3.8, 4) is 0 Å². The topological polar surface area (TPSA) is 32.3 Å². The van der Waals surface area contributed by atoms with Crippen LogP contribution in [0.2, 0.25) is 0 Å². The number of aryl methyl sites for hydroxylation is 1. The zero-order chi connectivity index (χ0) is 12.3. The lowest BCUT2D eigenvalue weighted by atomic mass is 10.0. The molecule has 1 heterocycles. The van der Waals surface area contributed by atoms with Crippen molar-refractivity contribution in [2.75, 3.05) is 19.6 Å². The maximum atomic E-state index is 12.2. The average Bonchev–Trinajstić information content (AvgIpc) is 2.32. The number of hydrogen-bond donors (Lipinski definition) is 1. The van der Waals surface area contributed by atoms with Gasteiger partial charge in [-0.25, -0.2) is 0 Å². The van der Waals surface area contributed by atoms with Crippen LogP contribution >= 0.6 is 12.4 Å². The molecular formula is C14H21ClN2O. The lowest BCUT2D eigenvalue weighted by Gasteiger charge is -2.32. The summed E-state index contributed by atoms with van der Waals surface area (Å²) in [6.07, 6.45) is 0.527. The quantitative estimate of drug-likeness (QED) is 0.887. The molecular weight excluding hydrogens is 248 g/mol. The highest BCUT2D eigenvalue weighted by atomic mass is 35.5. The van der Waals surface area contributed by atoms with Crippen molar-refractivity contribution in [1.82, 2.24) is 10.2 Å². The molecule has 100 valence electrons. The second-order valence-electron chi connectivity index (χ2n) is 4.80. The van der Waals surface area contributed by atoms with E-state index in [2.05, 4.69) is 25.2 Å². The third-order valence-electron chi connectivity index (χ3n) is 3.32. The van der Waals surface area contributed by atoms with Gasteiger partial charge in [0.25, 0.3) is 0 Å². The van der Waals surface area contributed by atoms with Gasteiger partial charge < -0.3 is 10.2 Å². The summed E-state index contributed by atoms with van der Waals surface area (Å²) < 4.78 is 0. The van der Waals surface area contributed by atoms with Gasteiger partial charge in [-0.15, -0.1) is 12.4 Å². The predicted octanol–water partition coefficient (Wildman–Crippen LogP) is 1.78. The summed E-state index contributed by atoms with van der Waals surface area (Å²) in [5.41, 5.74) is 2.34. The molecule has 1 amide bonds. The first-order chi connectivity index (χ1) is 8.16. The minimum absolute atomic E-state index is 0. The minimum atomic E-state index is 0. The first-order valence-corrected chi connectivity index (χ1v) is 6.22. The summed E-state index contributed by atoms with van der Waals surface area (Å²) in [5, 5.41) is 3.35. The number of nitrogens with one attached hydrogen (secondary N) is 1. The van der Waals surface area contributed by atoms with Crippen LogP contribution in [-0.4, -0.2) is 36.5 Å². The second-order valence-corrected chi connectivity index (χ2v) is 4.80. The van der Waals surface area contributed by atoms with Crippen molar-refractivity contribution in [2.24, 2.45) is 0 Å². The molecule has 1 saturated heterocycles. The second kappa shape index (κ2) is 6.76. The van der Waals surface area contributed by atoms with Crippen molar-refractivity contribution in [3.05, 3.63) is 35.4 Å². The van der Waals surface area contributed by atoms with Crippen LogP contribution in [0.5, 0.6) is 0 Å². The molecule has 1 fully saturated rings. The monoisotopic (exact) mass is 268 g/mol. The van der Waals surface area contributed by atoms with E-state index in [0.29, 0.717) is 12.5 Å². The first kappa shape index (κ1) is 15.0. The van der Waals surface area contributed by atoms with E-state index in [0.717, 1.165) is 25.2 Å². The maximum absolute atomic E-state index is 12.2. The van der Waals surface area contributed by atoms with Gasteiger partial charge >= 0.3 is 0 Å². The zero-order valence-corrected chi connectivity index (χ0v) is 11.8. The summed E-state index contributed by atoms with van der Waals surface area (Å²) in [4.78, 5) is 14.1. The molecule has 1 aliphatic rings. The van der Waals surface area contributed by atoms with Crippen LogP contribution in [-0.2, 0) is 11.2 Å². The molecule has 18 heavy (non-hydrogen) atoms. The number of rotatable bonds is 2. The highest BCUT2D eigenvalue weighted by Crippen LogP contribution is 2.10. The highest BCUT2D eigenvalue weighted by molar-refractivity contribution is 5.85. The molecule has 0 aromatic heterocycles. The van der Waals surface area contributed by atoms with Crippen LogP contribution in [0.25, 0.3) is 0 Å². The molecule has 0 saturated carbocycles. The summed E-state index contributed by atoms with van der Waals surface area (Å²) in [6.45, 7) is 6.73. The number of carbonyl (C=O) groups is 1. The van der Waals surface area contributed by atoms with Gasteiger partial charge in [0.2, 0.25) is 5.91 Å². The molecule has 1 N–H and O–H groups in total. The SMILES string of the molecule is Cc1ccccc1CC(=O)N1CCN[C@@H](C)C1.Cl. The predicted molar refractivity (Wildman–Crippen MR) is 76.2 cm³/mol. The van der Waals surface area contributed by atoms with E-state index in [9.17, 15) is 4.79 Å². The van der Waals surface area contributed by atoms with E-state index >= 15 is 0 Å². The number of benzene rings is 1.